The van der Waals surface area contributed by atoms with Crippen LogP contribution >= 0.6 is 0 Å². The Morgan fingerprint density at radius 2 is 2.20 bits per heavy atom. The average molecular weight is 279 g/mol. The van der Waals surface area contributed by atoms with Gasteiger partial charge < -0.3 is 20.5 Å². The van der Waals surface area contributed by atoms with Gasteiger partial charge in [0.15, 0.2) is 0 Å². The summed E-state index contributed by atoms with van der Waals surface area (Å²) < 4.78 is 10.3. The van der Waals surface area contributed by atoms with E-state index >= 15 is 0 Å². The molecule has 3 N–H and O–H groups in total. The maximum absolute atomic E-state index is 12.0. The van der Waals surface area contributed by atoms with Crippen LogP contribution in [0.25, 0.3) is 0 Å². The molecule has 6 heteroatoms. The zero-order valence-corrected chi connectivity index (χ0v) is 11.7. The second-order valence-corrected chi connectivity index (χ2v) is 4.67. The van der Waals surface area contributed by atoms with Crippen LogP contribution in [-0.4, -0.2) is 57.3 Å². The molecule has 1 aliphatic heterocycles. The van der Waals surface area contributed by atoms with Crippen LogP contribution in [0.3, 0.4) is 0 Å². The second kappa shape index (κ2) is 7.12. The van der Waals surface area contributed by atoms with Gasteiger partial charge in [-0.15, -0.1) is 0 Å². The molecule has 0 spiro atoms. The van der Waals surface area contributed by atoms with Gasteiger partial charge in [0, 0.05) is 31.7 Å². The Bertz CT molecular complexity index is 459. The third-order valence-corrected chi connectivity index (χ3v) is 3.31. The fourth-order valence-electron chi connectivity index (χ4n) is 2.13. The van der Waals surface area contributed by atoms with Crippen LogP contribution < -0.4 is 15.8 Å². The van der Waals surface area contributed by atoms with E-state index < -0.39 is 0 Å². The van der Waals surface area contributed by atoms with E-state index in [-0.39, 0.29) is 5.91 Å². The fraction of sp³-hybridized carbons (Fsp3) is 0.500. The molecule has 2 rings (SSSR count). The molecule has 0 radical (unpaired) electrons. The molecule has 1 fully saturated rings. The smallest absolute Gasteiger partial charge is 0.251 e. The summed E-state index contributed by atoms with van der Waals surface area (Å²) in [5.41, 5.74) is 6.80. The molecule has 1 aromatic carbocycles. The highest BCUT2D eigenvalue weighted by atomic mass is 16.5. The first-order valence-corrected chi connectivity index (χ1v) is 6.72. The fourth-order valence-corrected chi connectivity index (χ4v) is 2.13. The van der Waals surface area contributed by atoms with Crippen molar-refractivity contribution in [3.63, 3.8) is 0 Å². The number of nitrogens with one attached hydrogen (secondary N) is 1. The molecule has 1 saturated heterocycles. The average Bonchev–Trinajstić information content (AvgIpc) is 2.48. The number of methoxy groups -OCH3 is 1. The van der Waals surface area contributed by atoms with Crippen molar-refractivity contribution in [1.29, 1.82) is 0 Å². The minimum Gasteiger partial charge on any atom is -0.495 e. The van der Waals surface area contributed by atoms with Crippen LogP contribution in [0.5, 0.6) is 5.75 Å². The highest BCUT2D eigenvalue weighted by Crippen LogP contribution is 2.21. The number of hydrogen-bond donors (Lipinski definition) is 2. The summed E-state index contributed by atoms with van der Waals surface area (Å²) in [5.74, 6) is 0.461. The van der Waals surface area contributed by atoms with Crippen molar-refractivity contribution in [2.75, 3.05) is 52.2 Å². The molecule has 1 heterocycles. The Hall–Kier alpha value is -1.79. The zero-order valence-electron chi connectivity index (χ0n) is 11.7. The molecule has 0 aromatic heterocycles. The van der Waals surface area contributed by atoms with Gasteiger partial charge in [0.05, 0.1) is 26.0 Å². The summed E-state index contributed by atoms with van der Waals surface area (Å²) in [5, 5.41) is 2.89. The SMILES string of the molecule is COc1ccc(C(=O)NCCN2CCOCC2)cc1N. The third-order valence-electron chi connectivity index (χ3n) is 3.31. The molecule has 0 atom stereocenters. The minimum atomic E-state index is -0.118. The molecule has 1 amide bonds. The summed E-state index contributed by atoms with van der Waals surface area (Å²) in [6.07, 6.45) is 0. The first-order chi connectivity index (χ1) is 9.70. The number of ether oxygens (including phenoxy) is 2. The van der Waals surface area contributed by atoms with E-state index in [2.05, 4.69) is 10.2 Å². The van der Waals surface area contributed by atoms with Gasteiger partial charge in [-0.25, -0.2) is 0 Å². The largest absolute Gasteiger partial charge is 0.495 e. The van der Waals surface area contributed by atoms with Crippen LogP contribution in [0.2, 0.25) is 0 Å². The van der Waals surface area contributed by atoms with Gasteiger partial charge in [-0.1, -0.05) is 0 Å². The van der Waals surface area contributed by atoms with Crippen molar-refractivity contribution in [2.45, 2.75) is 0 Å². The molecule has 0 saturated carbocycles. The number of morpholine rings is 1. The lowest BCUT2D eigenvalue weighted by molar-refractivity contribution is 0.0383. The third kappa shape index (κ3) is 3.85. The van der Waals surface area contributed by atoms with Gasteiger partial charge in [-0.05, 0) is 18.2 Å². The van der Waals surface area contributed by atoms with E-state index in [1.54, 1.807) is 25.3 Å². The van der Waals surface area contributed by atoms with Crippen molar-refractivity contribution in [1.82, 2.24) is 10.2 Å². The molecule has 1 aromatic rings. The Labute approximate surface area is 118 Å². The highest BCUT2D eigenvalue weighted by Gasteiger charge is 2.11. The van der Waals surface area contributed by atoms with Gasteiger partial charge in [0.1, 0.15) is 5.75 Å². The number of benzene rings is 1. The maximum atomic E-state index is 12.0. The predicted molar refractivity (Wildman–Crippen MR) is 77.0 cm³/mol. The number of carbonyl (C=O) groups excluding carboxylic acids is 1. The van der Waals surface area contributed by atoms with E-state index in [4.69, 9.17) is 15.2 Å². The molecule has 6 nitrogen and oxygen atoms in total. The van der Waals surface area contributed by atoms with Crippen molar-refractivity contribution in [2.24, 2.45) is 0 Å². The molecule has 110 valence electrons. The summed E-state index contributed by atoms with van der Waals surface area (Å²) in [7, 11) is 1.55. The van der Waals surface area contributed by atoms with Gasteiger partial charge in [-0.2, -0.15) is 0 Å². The van der Waals surface area contributed by atoms with Gasteiger partial charge in [-0.3, -0.25) is 9.69 Å². The Kier molecular flexibility index (Phi) is 5.20. The molecule has 0 aliphatic carbocycles. The van der Waals surface area contributed by atoms with Gasteiger partial charge in [0.25, 0.3) is 5.91 Å². The number of anilines is 1. The Balaban J connectivity index is 1.80. The van der Waals surface area contributed by atoms with Crippen LogP contribution in [-0.2, 0) is 4.74 Å². The van der Waals surface area contributed by atoms with E-state index in [1.165, 1.54) is 0 Å². The first-order valence-electron chi connectivity index (χ1n) is 6.72. The van der Waals surface area contributed by atoms with Crippen molar-refractivity contribution in [3.8, 4) is 5.75 Å². The van der Waals surface area contributed by atoms with Crippen molar-refractivity contribution >= 4 is 11.6 Å². The number of carbonyl (C=O) groups is 1. The lowest BCUT2D eigenvalue weighted by Crippen LogP contribution is -2.41. The standard InChI is InChI=1S/C14H21N3O3/c1-19-13-3-2-11(10-12(13)15)14(18)16-4-5-17-6-8-20-9-7-17/h2-3,10H,4-9,15H2,1H3,(H,16,18). The quantitative estimate of drug-likeness (QED) is 0.760. The summed E-state index contributed by atoms with van der Waals surface area (Å²) in [4.78, 5) is 14.3. The van der Waals surface area contributed by atoms with Crippen LogP contribution in [0, 0.1) is 0 Å². The molecular weight excluding hydrogens is 258 g/mol. The van der Waals surface area contributed by atoms with Crippen molar-refractivity contribution < 1.29 is 14.3 Å². The number of nitrogens with two attached hydrogens (primary N) is 1. The minimum absolute atomic E-state index is 0.118. The number of nitrogens with zero attached hydrogens (tertiary/aromatic N) is 1. The van der Waals surface area contributed by atoms with Crippen LogP contribution in [0.4, 0.5) is 5.69 Å². The van der Waals surface area contributed by atoms with Crippen molar-refractivity contribution in [3.05, 3.63) is 23.8 Å². The zero-order chi connectivity index (χ0) is 14.4. The lowest BCUT2D eigenvalue weighted by atomic mass is 10.2. The number of rotatable bonds is 5. The summed E-state index contributed by atoms with van der Waals surface area (Å²) in [6, 6.07) is 5.04. The summed E-state index contributed by atoms with van der Waals surface area (Å²) >= 11 is 0. The van der Waals surface area contributed by atoms with Gasteiger partial charge >= 0.3 is 0 Å². The first kappa shape index (κ1) is 14.6. The predicted octanol–water partition coefficient (Wildman–Crippen LogP) is 0.339. The highest BCUT2D eigenvalue weighted by molar-refractivity contribution is 5.95. The van der Waals surface area contributed by atoms with Crippen LogP contribution in [0.15, 0.2) is 18.2 Å². The second-order valence-electron chi connectivity index (χ2n) is 4.67. The number of hydrogen-bond acceptors (Lipinski definition) is 5. The molecule has 0 bridgehead atoms. The monoisotopic (exact) mass is 279 g/mol. The maximum Gasteiger partial charge on any atom is 0.251 e. The summed E-state index contributed by atoms with van der Waals surface area (Å²) in [6.45, 7) is 4.83. The normalized spacial score (nSPS) is 15.8. The Morgan fingerprint density at radius 3 is 2.85 bits per heavy atom. The molecule has 0 unspecified atom stereocenters. The lowest BCUT2D eigenvalue weighted by Gasteiger charge is -2.26. The number of nitrogen functional groups attached to an aromatic ring is 1. The molecular formula is C14H21N3O3. The van der Waals surface area contributed by atoms with E-state index in [9.17, 15) is 4.79 Å². The molecule has 20 heavy (non-hydrogen) atoms. The van der Waals surface area contributed by atoms with Gasteiger partial charge in [0.2, 0.25) is 0 Å². The topological polar surface area (TPSA) is 76.8 Å². The van der Waals surface area contributed by atoms with E-state index in [1.807, 2.05) is 0 Å². The van der Waals surface area contributed by atoms with Crippen LogP contribution in [0.1, 0.15) is 10.4 Å². The van der Waals surface area contributed by atoms with E-state index in [0.717, 1.165) is 32.8 Å². The Morgan fingerprint density at radius 1 is 1.45 bits per heavy atom. The molecule has 1 aliphatic rings. The van der Waals surface area contributed by atoms with E-state index in [0.29, 0.717) is 23.5 Å². The number of amides is 1.